The van der Waals surface area contributed by atoms with Gasteiger partial charge in [0.1, 0.15) is 24.2 Å². The number of hydrogen-bond donors (Lipinski definition) is 1. The molecular formula is C22H17F2N3O5S. The lowest BCUT2D eigenvalue weighted by atomic mass is 10.2. The average Bonchev–Trinajstić information content (AvgIpc) is 3.02. The Morgan fingerprint density at radius 2 is 1.97 bits per heavy atom. The number of carbonyl (C=O) groups excluding carboxylic acids is 3. The molecule has 1 aliphatic rings. The molecule has 0 aromatic heterocycles. The van der Waals surface area contributed by atoms with Crippen molar-refractivity contribution in [2.75, 3.05) is 25.1 Å². The van der Waals surface area contributed by atoms with E-state index in [1.807, 2.05) is 6.07 Å². The predicted molar refractivity (Wildman–Crippen MR) is 116 cm³/mol. The molecule has 3 amide bonds. The number of thioether (sulfide) groups is 1. The van der Waals surface area contributed by atoms with E-state index in [1.165, 1.54) is 6.08 Å². The van der Waals surface area contributed by atoms with Gasteiger partial charge in [0.15, 0.2) is 18.1 Å². The molecule has 1 N–H and O–H groups in total. The quantitative estimate of drug-likeness (QED) is 0.579. The van der Waals surface area contributed by atoms with E-state index in [4.69, 9.17) is 14.7 Å². The van der Waals surface area contributed by atoms with Gasteiger partial charge in [-0.25, -0.2) is 8.78 Å². The maximum Gasteiger partial charge on any atom is 0.294 e. The molecule has 3 rings (SSSR count). The van der Waals surface area contributed by atoms with E-state index in [-0.39, 0.29) is 17.2 Å². The van der Waals surface area contributed by atoms with Crippen molar-refractivity contribution in [1.82, 2.24) is 4.90 Å². The van der Waals surface area contributed by atoms with Crippen molar-refractivity contribution in [1.29, 1.82) is 5.26 Å². The van der Waals surface area contributed by atoms with Crippen LogP contribution in [0.5, 0.6) is 11.5 Å². The minimum absolute atomic E-state index is 0.0777. The van der Waals surface area contributed by atoms with Crippen molar-refractivity contribution < 1.29 is 32.6 Å². The zero-order valence-electron chi connectivity index (χ0n) is 17.3. The van der Waals surface area contributed by atoms with Crippen molar-refractivity contribution in [3.63, 3.8) is 0 Å². The van der Waals surface area contributed by atoms with E-state index in [0.717, 1.165) is 17.0 Å². The summed E-state index contributed by atoms with van der Waals surface area (Å²) in [4.78, 5) is 37.9. The van der Waals surface area contributed by atoms with Gasteiger partial charge < -0.3 is 14.8 Å². The fourth-order valence-corrected chi connectivity index (χ4v) is 3.66. The van der Waals surface area contributed by atoms with Gasteiger partial charge in [0, 0.05) is 6.07 Å². The van der Waals surface area contributed by atoms with Crippen LogP contribution < -0.4 is 14.8 Å². The number of hydrogen-bond acceptors (Lipinski definition) is 7. The van der Waals surface area contributed by atoms with Crippen molar-refractivity contribution in [2.45, 2.75) is 6.92 Å². The summed E-state index contributed by atoms with van der Waals surface area (Å²) in [5, 5.41) is 10.2. The molecule has 0 saturated carbocycles. The van der Waals surface area contributed by atoms with Gasteiger partial charge in [0.25, 0.3) is 11.1 Å². The summed E-state index contributed by atoms with van der Waals surface area (Å²) < 4.78 is 37.5. The Kier molecular flexibility index (Phi) is 7.63. The first-order chi connectivity index (χ1) is 15.8. The highest BCUT2D eigenvalue weighted by molar-refractivity contribution is 8.18. The average molecular weight is 473 g/mol. The highest BCUT2D eigenvalue weighted by atomic mass is 32.2. The van der Waals surface area contributed by atoms with Gasteiger partial charge in [-0.2, -0.15) is 5.26 Å². The molecule has 8 nitrogen and oxygen atoms in total. The molecule has 11 heteroatoms. The highest BCUT2D eigenvalue weighted by Crippen LogP contribution is 2.34. The second-order valence-electron chi connectivity index (χ2n) is 6.53. The number of anilines is 1. The maximum atomic E-state index is 13.7. The normalized spacial score (nSPS) is 14.4. The van der Waals surface area contributed by atoms with E-state index in [9.17, 15) is 23.2 Å². The maximum absolute atomic E-state index is 13.7. The number of imide groups is 1. The molecule has 0 unspecified atom stereocenters. The third kappa shape index (κ3) is 5.87. The van der Waals surface area contributed by atoms with Crippen LogP contribution in [0.1, 0.15) is 12.5 Å². The van der Waals surface area contributed by atoms with Crippen LogP contribution in [0, 0.1) is 23.0 Å². The zero-order valence-corrected chi connectivity index (χ0v) is 18.1. The fraction of sp³-hybridized carbons (Fsp3) is 0.182. The number of rotatable bonds is 8. The lowest BCUT2D eigenvalue weighted by molar-refractivity contribution is -0.127. The van der Waals surface area contributed by atoms with Gasteiger partial charge in [-0.3, -0.25) is 19.3 Å². The number of nitriles is 1. The van der Waals surface area contributed by atoms with E-state index >= 15 is 0 Å². The Morgan fingerprint density at radius 3 is 2.67 bits per heavy atom. The predicted octanol–water partition coefficient (Wildman–Crippen LogP) is 3.94. The SMILES string of the molecule is CCOc1cc(C=C2SC(=O)N(CC(=O)Nc3ccc(F)cc3F)C2=O)ccc1OCC#N. The Bertz CT molecular complexity index is 1180. The largest absolute Gasteiger partial charge is 0.490 e. The number of nitrogens with zero attached hydrogens (tertiary/aromatic N) is 2. The van der Waals surface area contributed by atoms with Crippen molar-refractivity contribution in [3.05, 3.63) is 58.5 Å². The molecule has 0 atom stereocenters. The molecule has 1 fully saturated rings. The molecule has 1 aliphatic heterocycles. The van der Waals surface area contributed by atoms with Crippen LogP contribution in [0.3, 0.4) is 0 Å². The summed E-state index contributed by atoms with van der Waals surface area (Å²) in [5.74, 6) is -2.58. The monoisotopic (exact) mass is 473 g/mol. The van der Waals surface area contributed by atoms with E-state index in [2.05, 4.69) is 5.32 Å². The van der Waals surface area contributed by atoms with Crippen molar-refractivity contribution in [3.8, 4) is 17.6 Å². The lowest BCUT2D eigenvalue weighted by Gasteiger charge is -2.13. The summed E-state index contributed by atoms with van der Waals surface area (Å²) in [6.07, 6.45) is 1.46. The van der Waals surface area contributed by atoms with E-state index in [0.29, 0.717) is 41.5 Å². The van der Waals surface area contributed by atoms with Crippen LogP contribution in [0.25, 0.3) is 6.08 Å². The smallest absolute Gasteiger partial charge is 0.294 e. The third-order valence-corrected chi connectivity index (χ3v) is 5.15. The summed E-state index contributed by atoms with van der Waals surface area (Å²) in [6, 6.07) is 9.25. The summed E-state index contributed by atoms with van der Waals surface area (Å²) in [6.45, 7) is 1.31. The van der Waals surface area contributed by atoms with Crippen LogP contribution in [0.2, 0.25) is 0 Å². The molecule has 170 valence electrons. The molecule has 0 spiro atoms. The molecule has 1 heterocycles. The van der Waals surface area contributed by atoms with Gasteiger partial charge in [-0.05, 0) is 54.6 Å². The second-order valence-corrected chi connectivity index (χ2v) is 7.52. The first-order valence-corrected chi connectivity index (χ1v) is 10.4. The fourth-order valence-electron chi connectivity index (χ4n) is 2.82. The summed E-state index contributed by atoms with van der Waals surface area (Å²) in [5.41, 5.74) is 0.261. The van der Waals surface area contributed by atoms with Crippen LogP contribution in [-0.4, -0.2) is 41.7 Å². The number of halogens is 2. The van der Waals surface area contributed by atoms with Gasteiger partial charge in [-0.1, -0.05) is 6.07 Å². The van der Waals surface area contributed by atoms with Gasteiger partial charge in [0.2, 0.25) is 5.91 Å². The third-order valence-electron chi connectivity index (χ3n) is 4.24. The molecule has 0 aliphatic carbocycles. The van der Waals surface area contributed by atoms with E-state index in [1.54, 1.807) is 25.1 Å². The molecule has 2 aromatic carbocycles. The van der Waals surface area contributed by atoms with Crippen LogP contribution >= 0.6 is 11.8 Å². The molecule has 2 aromatic rings. The molecule has 0 radical (unpaired) electrons. The minimum atomic E-state index is -0.982. The topological polar surface area (TPSA) is 109 Å². The first kappa shape index (κ1) is 23.7. The van der Waals surface area contributed by atoms with Crippen LogP contribution in [0.4, 0.5) is 19.3 Å². The molecular weight excluding hydrogens is 456 g/mol. The minimum Gasteiger partial charge on any atom is -0.490 e. The van der Waals surface area contributed by atoms with Gasteiger partial charge >= 0.3 is 0 Å². The lowest BCUT2D eigenvalue weighted by Crippen LogP contribution is -2.36. The number of benzene rings is 2. The van der Waals surface area contributed by atoms with E-state index < -0.39 is 35.2 Å². The highest BCUT2D eigenvalue weighted by Gasteiger charge is 2.36. The van der Waals surface area contributed by atoms with Crippen molar-refractivity contribution in [2.24, 2.45) is 0 Å². The van der Waals surface area contributed by atoms with Crippen molar-refractivity contribution >= 4 is 40.6 Å². The number of ether oxygens (including phenoxy) is 2. The summed E-state index contributed by atoms with van der Waals surface area (Å²) >= 11 is 0.647. The Morgan fingerprint density at radius 1 is 1.18 bits per heavy atom. The number of amides is 3. The Balaban J connectivity index is 1.73. The Hall–Kier alpha value is -3.91. The first-order valence-electron chi connectivity index (χ1n) is 9.59. The second kappa shape index (κ2) is 10.6. The van der Waals surface area contributed by atoms with Gasteiger partial charge in [-0.15, -0.1) is 0 Å². The summed E-state index contributed by atoms with van der Waals surface area (Å²) in [7, 11) is 0. The number of carbonyl (C=O) groups is 3. The number of nitrogens with one attached hydrogen (secondary N) is 1. The molecule has 1 saturated heterocycles. The Labute approximate surface area is 191 Å². The van der Waals surface area contributed by atoms with Gasteiger partial charge in [0.05, 0.1) is 17.2 Å². The standard InChI is InChI=1S/C22H17F2N3O5S/c1-2-31-18-9-13(3-6-17(18)32-8-7-25)10-19-21(29)27(22(30)33-19)12-20(28)26-16-5-4-14(23)11-15(16)24/h3-6,9-11H,2,8,12H2,1H3,(H,26,28). The molecule has 0 bridgehead atoms. The zero-order chi connectivity index (χ0) is 24.0. The van der Waals surface area contributed by atoms with Crippen LogP contribution in [-0.2, 0) is 9.59 Å². The molecule has 33 heavy (non-hydrogen) atoms. The van der Waals surface area contributed by atoms with Crippen LogP contribution in [0.15, 0.2) is 41.3 Å².